The number of halogens is 1. The van der Waals surface area contributed by atoms with Crippen molar-refractivity contribution in [2.24, 2.45) is 16.8 Å². The van der Waals surface area contributed by atoms with Gasteiger partial charge < -0.3 is 15.0 Å². The van der Waals surface area contributed by atoms with Crippen LogP contribution < -0.4 is 4.74 Å². The van der Waals surface area contributed by atoms with Crippen molar-refractivity contribution in [2.75, 3.05) is 13.2 Å². The van der Waals surface area contributed by atoms with E-state index in [2.05, 4.69) is 23.4 Å². The van der Waals surface area contributed by atoms with Crippen LogP contribution in [0.1, 0.15) is 24.5 Å². The monoisotopic (exact) mass is 409 g/mol. The Hall–Kier alpha value is -3.02. The van der Waals surface area contributed by atoms with E-state index in [1.165, 1.54) is 6.08 Å². The first-order chi connectivity index (χ1) is 14.4. The van der Waals surface area contributed by atoms with Crippen LogP contribution in [0.4, 0.5) is 4.39 Å². The molecule has 3 rings (SSSR count). The van der Waals surface area contributed by atoms with Crippen molar-refractivity contribution in [2.45, 2.75) is 33.0 Å². The quantitative estimate of drug-likeness (QED) is 0.510. The minimum Gasteiger partial charge on any atom is -0.490 e. The molecule has 0 saturated heterocycles. The Morgan fingerprint density at radius 1 is 1.50 bits per heavy atom. The van der Waals surface area contributed by atoms with Gasteiger partial charge in [0.25, 0.3) is 0 Å². The largest absolute Gasteiger partial charge is 0.490 e. The molecule has 2 aliphatic heterocycles. The van der Waals surface area contributed by atoms with Crippen LogP contribution >= 0.6 is 0 Å². The number of carbonyl (C=O) groups is 1. The van der Waals surface area contributed by atoms with Crippen LogP contribution in [0.3, 0.4) is 0 Å². The van der Waals surface area contributed by atoms with Crippen LogP contribution in [0, 0.1) is 24.2 Å². The number of aryl methyl sites for hydroxylation is 1. The van der Waals surface area contributed by atoms with Crippen molar-refractivity contribution >= 4 is 17.7 Å². The Balaban J connectivity index is 1.79. The number of hydrogen-bond acceptors (Lipinski definition) is 5. The number of rotatable bonds is 8. The molecule has 6 heteroatoms. The zero-order valence-electron chi connectivity index (χ0n) is 17.5. The van der Waals surface area contributed by atoms with Crippen LogP contribution in [-0.2, 0) is 11.3 Å². The molecule has 1 aromatic carbocycles. The van der Waals surface area contributed by atoms with Gasteiger partial charge in [-0.1, -0.05) is 31.2 Å². The van der Waals surface area contributed by atoms with Crippen molar-refractivity contribution in [3.05, 3.63) is 66.0 Å². The molecule has 2 aliphatic rings. The van der Waals surface area contributed by atoms with Gasteiger partial charge in [0.05, 0.1) is 6.21 Å². The van der Waals surface area contributed by atoms with Gasteiger partial charge in [0.1, 0.15) is 18.1 Å². The van der Waals surface area contributed by atoms with Gasteiger partial charge in [-0.25, -0.2) is 4.39 Å². The summed E-state index contributed by atoms with van der Waals surface area (Å²) in [5.74, 6) is 0.794. The lowest BCUT2D eigenvalue weighted by atomic mass is 9.82. The molecule has 0 amide bonds. The van der Waals surface area contributed by atoms with E-state index in [1.807, 2.05) is 37.4 Å². The fourth-order valence-corrected chi connectivity index (χ4v) is 3.84. The number of carbonyl (C=O) groups excluding carboxylic acids is 1. The second kappa shape index (κ2) is 9.65. The lowest BCUT2D eigenvalue weighted by Gasteiger charge is -2.23. The van der Waals surface area contributed by atoms with E-state index in [1.54, 1.807) is 6.20 Å². The molecular weight excluding hydrogens is 381 g/mol. The maximum absolute atomic E-state index is 13.3. The standard InChI is InChI=1S/C24H28FN3O2/c1-4-19(25)15-30-23-6-5-18(11-17(23)3)13-28-10-8-16(2)20-7-9-27-24(21(20)14-28)22(29)12-26/h4-7,9,11-12,14,16,19-20,26H,1,8,10,13,15H2,2-3H3. The number of ketones is 1. The second-order valence-electron chi connectivity index (χ2n) is 7.84. The average Bonchev–Trinajstić information content (AvgIpc) is 2.91. The molecule has 5 nitrogen and oxygen atoms in total. The van der Waals surface area contributed by atoms with E-state index in [-0.39, 0.29) is 18.3 Å². The molecule has 2 heterocycles. The Labute approximate surface area is 177 Å². The molecule has 158 valence electrons. The Morgan fingerprint density at radius 3 is 3.00 bits per heavy atom. The molecule has 0 aliphatic carbocycles. The summed E-state index contributed by atoms with van der Waals surface area (Å²) in [5, 5.41) is 7.34. The van der Waals surface area contributed by atoms with E-state index in [0.29, 0.717) is 23.9 Å². The fourth-order valence-electron chi connectivity index (χ4n) is 3.84. The van der Waals surface area contributed by atoms with Crippen LogP contribution in [0.15, 0.2) is 59.9 Å². The number of aliphatic imine (C=N–C) groups is 1. The van der Waals surface area contributed by atoms with E-state index in [9.17, 15) is 9.18 Å². The van der Waals surface area contributed by atoms with Gasteiger partial charge in [-0.05, 0) is 36.5 Å². The highest BCUT2D eigenvalue weighted by Gasteiger charge is 2.30. The van der Waals surface area contributed by atoms with Crippen LogP contribution in [0.25, 0.3) is 0 Å². The Bertz CT molecular complexity index is 919. The minimum atomic E-state index is -1.19. The maximum Gasteiger partial charge on any atom is 0.221 e. The Kier molecular flexibility index (Phi) is 6.98. The number of alkyl halides is 1. The van der Waals surface area contributed by atoms with E-state index in [0.717, 1.165) is 35.9 Å². The van der Waals surface area contributed by atoms with Crippen molar-refractivity contribution in [3.8, 4) is 5.75 Å². The molecule has 1 aromatic rings. The molecule has 0 aromatic heterocycles. The van der Waals surface area contributed by atoms with Crippen LogP contribution in [0.2, 0.25) is 0 Å². The summed E-state index contributed by atoms with van der Waals surface area (Å²) in [6.07, 6.45) is 7.60. The first kappa shape index (κ1) is 21.7. The van der Waals surface area contributed by atoms with E-state index >= 15 is 0 Å². The maximum atomic E-state index is 13.3. The molecule has 0 fully saturated rings. The summed E-state index contributed by atoms with van der Waals surface area (Å²) in [4.78, 5) is 18.7. The minimum absolute atomic E-state index is 0.0438. The van der Waals surface area contributed by atoms with E-state index in [4.69, 9.17) is 10.1 Å². The van der Waals surface area contributed by atoms with Crippen LogP contribution in [-0.4, -0.2) is 41.9 Å². The lowest BCUT2D eigenvalue weighted by molar-refractivity contribution is -0.107. The molecule has 0 bridgehead atoms. The third-order valence-corrected chi connectivity index (χ3v) is 5.58. The highest BCUT2D eigenvalue weighted by molar-refractivity contribution is 6.64. The number of ether oxygens (including phenoxy) is 1. The summed E-state index contributed by atoms with van der Waals surface area (Å²) in [6.45, 7) is 9.05. The summed E-state index contributed by atoms with van der Waals surface area (Å²) in [5.41, 5.74) is 3.29. The zero-order chi connectivity index (χ0) is 21.7. The summed E-state index contributed by atoms with van der Waals surface area (Å²) >= 11 is 0. The average molecular weight is 410 g/mol. The third kappa shape index (κ3) is 4.93. The molecule has 30 heavy (non-hydrogen) atoms. The second-order valence-corrected chi connectivity index (χ2v) is 7.84. The first-order valence-corrected chi connectivity index (χ1v) is 10.2. The van der Waals surface area contributed by atoms with Gasteiger partial charge in [-0.2, -0.15) is 0 Å². The van der Waals surface area contributed by atoms with Gasteiger partial charge in [-0.3, -0.25) is 9.79 Å². The summed E-state index contributed by atoms with van der Waals surface area (Å²) in [7, 11) is 0. The number of fused-ring (bicyclic) bond motifs is 1. The highest BCUT2D eigenvalue weighted by atomic mass is 19.1. The number of nitrogens with zero attached hydrogens (tertiary/aromatic N) is 2. The van der Waals surface area contributed by atoms with E-state index < -0.39 is 6.17 Å². The van der Waals surface area contributed by atoms with Gasteiger partial charge in [0.2, 0.25) is 5.78 Å². The van der Waals surface area contributed by atoms with Gasteiger partial charge >= 0.3 is 0 Å². The zero-order valence-corrected chi connectivity index (χ0v) is 17.5. The number of hydrogen-bond donors (Lipinski definition) is 1. The van der Waals surface area contributed by atoms with Crippen LogP contribution in [0.5, 0.6) is 5.75 Å². The normalized spacial score (nSPS) is 21.6. The van der Waals surface area contributed by atoms with Crippen molar-refractivity contribution in [3.63, 3.8) is 0 Å². The number of allylic oxidation sites excluding steroid dienone is 2. The third-order valence-electron chi connectivity index (χ3n) is 5.58. The molecule has 0 spiro atoms. The number of nitrogens with one attached hydrogen (secondary N) is 1. The molecular formula is C24H28FN3O2. The number of Topliss-reactive ketones (excluding diaryl/α,β-unsaturated/α-hetero) is 1. The Morgan fingerprint density at radius 2 is 2.30 bits per heavy atom. The van der Waals surface area contributed by atoms with Crippen molar-refractivity contribution in [1.29, 1.82) is 5.41 Å². The predicted octanol–water partition coefficient (Wildman–Crippen LogP) is 4.43. The van der Waals surface area contributed by atoms with Crippen molar-refractivity contribution < 1.29 is 13.9 Å². The smallest absolute Gasteiger partial charge is 0.221 e. The highest BCUT2D eigenvalue weighted by Crippen LogP contribution is 2.33. The van der Waals surface area contributed by atoms with Gasteiger partial charge in [0.15, 0.2) is 6.17 Å². The van der Waals surface area contributed by atoms with Gasteiger partial charge in [0, 0.05) is 37.0 Å². The molecule has 0 saturated carbocycles. The fraction of sp³-hybridized carbons (Fsp3) is 0.375. The predicted molar refractivity (Wildman–Crippen MR) is 118 cm³/mol. The van der Waals surface area contributed by atoms with Gasteiger partial charge in [-0.15, -0.1) is 6.58 Å². The topological polar surface area (TPSA) is 65.8 Å². The summed E-state index contributed by atoms with van der Waals surface area (Å²) < 4.78 is 18.9. The van der Waals surface area contributed by atoms with Crippen molar-refractivity contribution in [1.82, 2.24) is 4.90 Å². The lowest BCUT2D eigenvalue weighted by Crippen LogP contribution is -2.26. The first-order valence-electron chi connectivity index (χ1n) is 10.2. The number of benzene rings is 1. The molecule has 1 N–H and O–H groups in total. The summed E-state index contributed by atoms with van der Waals surface area (Å²) in [6, 6.07) is 5.89. The molecule has 3 atom stereocenters. The SMILES string of the molecule is C=CC(F)COc1ccc(CN2C=C3C(C(=O)C=N)=NC=CC3C(C)CC2)cc1C. The molecule has 0 radical (unpaired) electrons. The molecule has 3 unspecified atom stereocenters.